The van der Waals surface area contributed by atoms with Crippen LogP contribution in [-0.4, -0.2) is 20.4 Å². The van der Waals surface area contributed by atoms with Crippen LogP contribution in [0.25, 0.3) is 11.0 Å². The lowest BCUT2D eigenvalue weighted by molar-refractivity contribution is 0.0937. The number of hydrogen-bond donors (Lipinski definition) is 1. The quantitative estimate of drug-likeness (QED) is 0.492. The number of para-hydroxylation sites is 2. The minimum absolute atomic E-state index is 0.157. The Hall–Kier alpha value is -3.47. The van der Waals surface area contributed by atoms with Gasteiger partial charge in [-0.05, 0) is 48.2 Å². The van der Waals surface area contributed by atoms with Crippen molar-refractivity contribution in [2.24, 2.45) is 0 Å². The predicted octanol–water partition coefficient (Wildman–Crippen LogP) is 5.09. The van der Waals surface area contributed by atoms with Gasteiger partial charge in [-0.1, -0.05) is 50.2 Å². The molecule has 0 radical (unpaired) electrons. The number of amides is 1. The normalized spacial score (nSPS) is 12.3. The molecule has 4 rings (SSSR count). The van der Waals surface area contributed by atoms with Gasteiger partial charge in [0.05, 0.1) is 22.6 Å². The van der Waals surface area contributed by atoms with Gasteiger partial charge < -0.3 is 9.88 Å². The highest BCUT2D eigenvalue weighted by Crippen LogP contribution is 2.23. The monoisotopic (exact) mass is 398 g/mol. The lowest BCUT2D eigenvalue weighted by Gasteiger charge is -2.17. The number of pyridine rings is 1. The largest absolute Gasteiger partial charge is 0.342 e. The molecule has 5 heteroatoms. The van der Waals surface area contributed by atoms with Gasteiger partial charge >= 0.3 is 0 Å². The number of hydrogen-bond acceptors (Lipinski definition) is 3. The summed E-state index contributed by atoms with van der Waals surface area (Å²) in [7, 11) is 0. The van der Waals surface area contributed by atoms with E-state index in [4.69, 9.17) is 4.98 Å². The predicted molar refractivity (Wildman–Crippen MR) is 119 cm³/mol. The maximum absolute atomic E-state index is 12.6. The minimum atomic E-state index is -0.250. The molecule has 5 nitrogen and oxygen atoms in total. The number of nitrogens with one attached hydrogen (secondary N) is 1. The average molecular weight is 399 g/mol. The highest BCUT2D eigenvalue weighted by Gasteiger charge is 2.19. The van der Waals surface area contributed by atoms with Gasteiger partial charge in [-0.2, -0.15) is 0 Å². The van der Waals surface area contributed by atoms with Crippen molar-refractivity contribution in [1.29, 1.82) is 0 Å². The number of rotatable bonds is 6. The van der Waals surface area contributed by atoms with E-state index in [2.05, 4.69) is 59.0 Å². The van der Waals surface area contributed by atoms with Gasteiger partial charge in [0.2, 0.25) is 0 Å². The second-order valence-electron chi connectivity index (χ2n) is 7.88. The van der Waals surface area contributed by atoms with Crippen LogP contribution >= 0.6 is 0 Å². The molecule has 0 aliphatic carbocycles. The topological polar surface area (TPSA) is 59.8 Å². The number of imidazole rings is 1. The van der Waals surface area contributed by atoms with Gasteiger partial charge in [0.25, 0.3) is 5.91 Å². The lowest BCUT2D eigenvalue weighted by atomic mass is 10.0. The van der Waals surface area contributed by atoms with E-state index < -0.39 is 0 Å². The zero-order chi connectivity index (χ0) is 21.1. The average Bonchev–Trinajstić information content (AvgIpc) is 3.13. The van der Waals surface area contributed by atoms with Crippen molar-refractivity contribution >= 4 is 16.9 Å². The molecule has 1 N–H and O–H groups in total. The molecule has 0 saturated heterocycles. The molecule has 2 aromatic carbocycles. The molecule has 1 unspecified atom stereocenters. The molecular weight excluding hydrogens is 372 g/mol. The Morgan fingerprint density at radius 3 is 2.47 bits per heavy atom. The third-order valence-electron chi connectivity index (χ3n) is 5.33. The summed E-state index contributed by atoms with van der Waals surface area (Å²) in [5, 5.41) is 3.06. The second-order valence-corrected chi connectivity index (χ2v) is 7.88. The fourth-order valence-corrected chi connectivity index (χ4v) is 3.62. The Morgan fingerprint density at radius 1 is 1.00 bits per heavy atom. The number of benzene rings is 2. The van der Waals surface area contributed by atoms with Crippen molar-refractivity contribution in [2.45, 2.75) is 39.3 Å². The number of aromatic nitrogens is 3. The molecule has 2 heterocycles. The van der Waals surface area contributed by atoms with Crippen LogP contribution in [0.2, 0.25) is 0 Å². The minimum Gasteiger partial charge on any atom is -0.342 e. The summed E-state index contributed by atoms with van der Waals surface area (Å²) in [4.78, 5) is 21.5. The van der Waals surface area contributed by atoms with E-state index in [-0.39, 0.29) is 11.9 Å². The first-order valence-electron chi connectivity index (χ1n) is 10.3. The van der Waals surface area contributed by atoms with Gasteiger partial charge in [-0.25, -0.2) is 4.98 Å². The molecule has 0 spiro atoms. The zero-order valence-corrected chi connectivity index (χ0v) is 17.5. The SMILES string of the molecule is CC(C)c1ccc(Cn2c(C(C)NC(=O)c3cccnc3)nc3ccccc32)cc1. The van der Waals surface area contributed by atoms with Gasteiger partial charge in [0.1, 0.15) is 5.82 Å². The van der Waals surface area contributed by atoms with Gasteiger partial charge in [-0.3, -0.25) is 9.78 Å². The summed E-state index contributed by atoms with van der Waals surface area (Å²) in [6.45, 7) is 7.06. The van der Waals surface area contributed by atoms with Crippen molar-refractivity contribution in [3.63, 3.8) is 0 Å². The van der Waals surface area contributed by atoms with Gasteiger partial charge in [-0.15, -0.1) is 0 Å². The molecule has 0 aliphatic heterocycles. The summed E-state index contributed by atoms with van der Waals surface area (Å²) in [5.41, 5.74) is 5.05. The maximum atomic E-state index is 12.6. The Balaban J connectivity index is 1.65. The van der Waals surface area contributed by atoms with Crippen LogP contribution in [0.1, 0.15) is 60.0 Å². The van der Waals surface area contributed by atoms with E-state index in [0.29, 0.717) is 18.0 Å². The van der Waals surface area contributed by atoms with Crippen LogP contribution in [0.3, 0.4) is 0 Å². The molecule has 0 aliphatic rings. The molecule has 0 fully saturated rings. The molecule has 4 aromatic rings. The summed E-state index contributed by atoms with van der Waals surface area (Å²) in [5.74, 6) is 1.18. The number of carbonyl (C=O) groups excluding carboxylic acids is 1. The highest BCUT2D eigenvalue weighted by molar-refractivity contribution is 5.94. The van der Waals surface area contributed by atoms with Crippen LogP contribution in [0, 0.1) is 0 Å². The van der Waals surface area contributed by atoms with Gasteiger partial charge in [0, 0.05) is 18.9 Å². The number of fused-ring (bicyclic) bond motifs is 1. The van der Waals surface area contributed by atoms with Crippen molar-refractivity contribution < 1.29 is 4.79 Å². The van der Waals surface area contributed by atoms with Crippen molar-refractivity contribution in [1.82, 2.24) is 19.9 Å². The van der Waals surface area contributed by atoms with Crippen LogP contribution < -0.4 is 5.32 Å². The second kappa shape index (κ2) is 8.49. The Labute approximate surface area is 176 Å². The lowest BCUT2D eigenvalue weighted by Crippen LogP contribution is -2.29. The van der Waals surface area contributed by atoms with Crippen LogP contribution in [0.5, 0.6) is 0 Å². The number of nitrogens with zero attached hydrogens (tertiary/aromatic N) is 3. The summed E-state index contributed by atoms with van der Waals surface area (Å²) < 4.78 is 2.19. The third kappa shape index (κ3) is 4.10. The molecule has 1 atom stereocenters. The summed E-state index contributed by atoms with van der Waals surface area (Å²) >= 11 is 0. The fourth-order valence-electron chi connectivity index (χ4n) is 3.62. The summed E-state index contributed by atoms with van der Waals surface area (Å²) in [6, 6.07) is 20.1. The molecule has 1 amide bonds. The smallest absolute Gasteiger partial charge is 0.253 e. The summed E-state index contributed by atoms with van der Waals surface area (Å²) in [6.07, 6.45) is 3.23. The van der Waals surface area contributed by atoms with E-state index in [0.717, 1.165) is 16.9 Å². The molecule has 0 saturated carbocycles. The Morgan fingerprint density at radius 2 is 1.77 bits per heavy atom. The molecule has 2 aromatic heterocycles. The van der Waals surface area contributed by atoms with Gasteiger partial charge in [0.15, 0.2) is 0 Å². The number of carbonyl (C=O) groups is 1. The van der Waals surface area contributed by atoms with E-state index in [9.17, 15) is 4.79 Å². The van der Waals surface area contributed by atoms with Crippen molar-refractivity contribution in [3.8, 4) is 0 Å². The van der Waals surface area contributed by atoms with Crippen molar-refractivity contribution in [3.05, 3.63) is 95.6 Å². The molecule has 0 bridgehead atoms. The standard InChI is InChI=1S/C25H26N4O/c1-17(2)20-12-10-19(11-13-20)16-29-23-9-5-4-8-22(23)28-24(29)18(3)27-25(30)21-7-6-14-26-15-21/h4-15,17-18H,16H2,1-3H3,(H,27,30). The first kappa shape index (κ1) is 19.8. The van der Waals surface area contributed by atoms with E-state index in [1.54, 1.807) is 24.5 Å². The van der Waals surface area contributed by atoms with Crippen LogP contribution in [0.15, 0.2) is 73.1 Å². The van der Waals surface area contributed by atoms with Crippen molar-refractivity contribution in [2.75, 3.05) is 0 Å². The third-order valence-corrected chi connectivity index (χ3v) is 5.33. The van der Waals surface area contributed by atoms with Crippen LogP contribution in [0.4, 0.5) is 0 Å². The maximum Gasteiger partial charge on any atom is 0.253 e. The Bertz CT molecular complexity index is 1150. The first-order valence-corrected chi connectivity index (χ1v) is 10.3. The van der Waals surface area contributed by atoms with Crippen LogP contribution in [-0.2, 0) is 6.54 Å². The van der Waals surface area contributed by atoms with E-state index in [1.165, 1.54) is 11.1 Å². The first-order chi connectivity index (χ1) is 14.5. The van der Waals surface area contributed by atoms with E-state index in [1.807, 2.05) is 25.1 Å². The molecule has 152 valence electrons. The van der Waals surface area contributed by atoms with E-state index >= 15 is 0 Å². The molecular formula is C25H26N4O. The zero-order valence-electron chi connectivity index (χ0n) is 17.5. The fraction of sp³-hybridized carbons (Fsp3) is 0.240. The Kier molecular flexibility index (Phi) is 5.61. The molecule has 30 heavy (non-hydrogen) atoms. The highest BCUT2D eigenvalue weighted by atomic mass is 16.1.